The van der Waals surface area contributed by atoms with Crippen molar-refractivity contribution in [3.63, 3.8) is 0 Å². The standard InChI is InChI=1S/C14H23NO4/c1-13(2)10(4-5-14(13,3)12(17)18)11(16)15-6-8-19-9-7-15/h10H,4-9H2,1-3H3,(H,17,18)/p-1/t10-,14+/m0/s1. The van der Waals surface area contributed by atoms with Crippen molar-refractivity contribution in [2.45, 2.75) is 33.6 Å². The molecule has 5 heteroatoms. The Morgan fingerprint density at radius 2 is 1.79 bits per heavy atom. The fourth-order valence-corrected chi connectivity index (χ4v) is 3.30. The second-order valence-corrected chi connectivity index (χ2v) is 6.37. The first-order valence-corrected chi connectivity index (χ1v) is 6.88. The minimum Gasteiger partial charge on any atom is -0.550 e. The molecule has 0 spiro atoms. The van der Waals surface area contributed by atoms with Crippen molar-refractivity contribution >= 4 is 11.9 Å². The number of ether oxygens (including phenoxy) is 1. The number of carboxylic acid groups (broad SMARTS) is 1. The van der Waals surface area contributed by atoms with Gasteiger partial charge in [-0.1, -0.05) is 20.8 Å². The van der Waals surface area contributed by atoms with Crippen LogP contribution < -0.4 is 5.11 Å². The molecule has 2 aliphatic rings. The third-order valence-electron chi connectivity index (χ3n) is 5.30. The zero-order valence-electron chi connectivity index (χ0n) is 11.9. The second-order valence-electron chi connectivity index (χ2n) is 6.37. The largest absolute Gasteiger partial charge is 0.550 e. The van der Waals surface area contributed by atoms with Crippen molar-refractivity contribution in [2.75, 3.05) is 26.3 Å². The summed E-state index contributed by atoms with van der Waals surface area (Å²) in [5.41, 5.74) is -1.51. The average molecular weight is 268 g/mol. The smallest absolute Gasteiger partial charge is 0.226 e. The van der Waals surface area contributed by atoms with Gasteiger partial charge in [0, 0.05) is 30.4 Å². The Kier molecular flexibility index (Phi) is 3.60. The van der Waals surface area contributed by atoms with E-state index in [4.69, 9.17) is 4.74 Å². The SMILES string of the molecule is CC1(C)[C@H](C(=O)N2CCOCC2)CC[C@]1(C)C(=O)[O-]. The van der Waals surface area contributed by atoms with E-state index in [1.54, 1.807) is 11.8 Å². The molecular formula is C14H22NO4-. The van der Waals surface area contributed by atoms with E-state index in [1.807, 2.05) is 13.8 Å². The van der Waals surface area contributed by atoms with Gasteiger partial charge in [0.05, 0.1) is 13.2 Å². The fraction of sp³-hybridized carbons (Fsp3) is 0.857. The molecule has 1 heterocycles. The molecule has 1 aliphatic heterocycles. The molecule has 2 fully saturated rings. The summed E-state index contributed by atoms with van der Waals surface area (Å²) in [6, 6.07) is 0. The van der Waals surface area contributed by atoms with Crippen LogP contribution in [-0.2, 0) is 14.3 Å². The lowest BCUT2D eigenvalue weighted by Gasteiger charge is -2.43. The van der Waals surface area contributed by atoms with Gasteiger partial charge in [0.2, 0.25) is 5.91 Å². The molecule has 19 heavy (non-hydrogen) atoms. The number of morpholine rings is 1. The van der Waals surface area contributed by atoms with Gasteiger partial charge in [-0.3, -0.25) is 4.79 Å². The van der Waals surface area contributed by atoms with Gasteiger partial charge in [-0.25, -0.2) is 0 Å². The van der Waals surface area contributed by atoms with Crippen LogP contribution in [0.2, 0.25) is 0 Å². The zero-order chi connectivity index (χ0) is 14.3. The average Bonchev–Trinajstić information content (AvgIpc) is 2.62. The molecule has 0 N–H and O–H groups in total. The van der Waals surface area contributed by atoms with E-state index in [0.717, 1.165) is 0 Å². The van der Waals surface area contributed by atoms with E-state index in [0.29, 0.717) is 39.1 Å². The monoisotopic (exact) mass is 268 g/mol. The van der Waals surface area contributed by atoms with Gasteiger partial charge in [-0.2, -0.15) is 0 Å². The van der Waals surface area contributed by atoms with Crippen LogP contribution in [0.1, 0.15) is 33.6 Å². The molecule has 0 unspecified atom stereocenters. The molecule has 1 saturated carbocycles. The number of aliphatic carboxylic acids is 1. The highest BCUT2D eigenvalue weighted by Crippen LogP contribution is 2.56. The Morgan fingerprint density at radius 3 is 2.26 bits per heavy atom. The maximum absolute atomic E-state index is 12.6. The molecule has 0 aromatic heterocycles. The van der Waals surface area contributed by atoms with Gasteiger partial charge >= 0.3 is 0 Å². The van der Waals surface area contributed by atoms with Gasteiger partial charge in [0.1, 0.15) is 0 Å². The van der Waals surface area contributed by atoms with Crippen molar-refractivity contribution in [1.29, 1.82) is 0 Å². The molecule has 1 aliphatic carbocycles. The number of nitrogens with zero attached hydrogens (tertiary/aromatic N) is 1. The first-order valence-electron chi connectivity index (χ1n) is 6.88. The van der Waals surface area contributed by atoms with E-state index < -0.39 is 16.8 Å². The van der Waals surface area contributed by atoms with Crippen molar-refractivity contribution in [1.82, 2.24) is 4.90 Å². The van der Waals surface area contributed by atoms with E-state index in [1.165, 1.54) is 0 Å². The van der Waals surface area contributed by atoms with Gasteiger partial charge in [0.25, 0.3) is 0 Å². The summed E-state index contributed by atoms with van der Waals surface area (Å²) in [6.07, 6.45) is 1.12. The molecular weight excluding hydrogens is 246 g/mol. The number of rotatable bonds is 2. The van der Waals surface area contributed by atoms with E-state index in [2.05, 4.69) is 0 Å². The van der Waals surface area contributed by atoms with Crippen LogP contribution in [0.5, 0.6) is 0 Å². The number of carbonyl (C=O) groups is 2. The Morgan fingerprint density at radius 1 is 1.21 bits per heavy atom. The summed E-state index contributed by atoms with van der Waals surface area (Å²) in [5, 5.41) is 11.4. The minimum absolute atomic E-state index is 0.0678. The van der Waals surface area contributed by atoms with Crippen LogP contribution in [0.15, 0.2) is 0 Å². The van der Waals surface area contributed by atoms with E-state index in [9.17, 15) is 14.7 Å². The highest BCUT2D eigenvalue weighted by molar-refractivity contribution is 5.83. The fourth-order valence-electron chi connectivity index (χ4n) is 3.30. The molecule has 0 radical (unpaired) electrons. The summed E-state index contributed by atoms with van der Waals surface area (Å²) >= 11 is 0. The summed E-state index contributed by atoms with van der Waals surface area (Å²) < 4.78 is 5.25. The Hall–Kier alpha value is -1.10. The van der Waals surface area contributed by atoms with Gasteiger partial charge < -0.3 is 19.5 Å². The normalized spacial score (nSPS) is 34.3. The summed E-state index contributed by atoms with van der Waals surface area (Å²) in [4.78, 5) is 25.8. The van der Waals surface area contributed by atoms with Crippen LogP contribution in [0, 0.1) is 16.7 Å². The molecule has 2 rings (SSSR count). The number of carbonyl (C=O) groups excluding carboxylic acids is 2. The van der Waals surface area contributed by atoms with Crippen LogP contribution in [0.3, 0.4) is 0 Å². The lowest BCUT2D eigenvalue weighted by molar-refractivity contribution is -0.323. The first-order chi connectivity index (χ1) is 8.80. The maximum atomic E-state index is 12.6. The first kappa shape index (κ1) is 14.3. The second kappa shape index (κ2) is 4.78. The van der Waals surface area contributed by atoms with Crippen LogP contribution >= 0.6 is 0 Å². The topological polar surface area (TPSA) is 69.7 Å². The summed E-state index contributed by atoms with van der Waals surface area (Å²) in [5.74, 6) is -1.22. The van der Waals surface area contributed by atoms with Crippen LogP contribution in [0.25, 0.3) is 0 Å². The van der Waals surface area contributed by atoms with Gasteiger partial charge in [-0.05, 0) is 18.3 Å². The maximum Gasteiger partial charge on any atom is 0.226 e. The molecule has 0 bridgehead atoms. The van der Waals surface area contributed by atoms with Crippen molar-refractivity contribution in [2.24, 2.45) is 16.7 Å². The zero-order valence-corrected chi connectivity index (χ0v) is 11.9. The Bertz CT molecular complexity index is 387. The lowest BCUT2D eigenvalue weighted by atomic mass is 9.65. The van der Waals surface area contributed by atoms with Crippen LogP contribution in [-0.4, -0.2) is 43.1 Å². The van der Waals surface area contributed by atoms with Crippen molar-refractivity contribution < 1.29 is 19.4 Å². The molecule has 108 valence electrons. The van der Waals surface area contributed by atoms with E-state index >= 15 is 0 Å². The van der Waals surface area contributed by atoms with Gasteiger partial charge in [0.15, 0.2) is 0 Å². The number of hydrogen-bond acceptors (Lipinski definition) is 4. The van der Waals surface area contributed by atoms with Gasteiger partial charge in [-0.15, -0.1) is 0 Å². The molecule has 2 atom stereocenters. The molecule has 0 aromatic carbocycles. The number of carboxylic acids is 1. The Labute approximate surface area is 113 Å². The van der Waals surface area contributed by atoms with Crippen molar-refractivity contribution in [3.8, 4) is 0 Å². The number of hydrogen-bond donors (Lipinski definition) is 0. The molecule has 5 nitrogen and oxygen atoms in total. The third-order valence-corrected chi connectivity index (χ3v) is 5.30. The summed E-state index contributed by atoms with van der Waals surface area (Å²) in [7, 11) is 0. The van der Waals surface area contributed by atoms with Crippen LogP contribution in [0.4, 0.5) is 0 Å². The predicted molar refractivity (Wildman–Crippen MR) is 67.0 cm³/mol. The Balaban J connectivity index is 2.17. The predicted octanol–water partition coefficient (Wildman–Crippen LogP) is 0.0376. The molecule has 0 aromatic rings. The van der Waals surface area contributed by atoms with E-state index in [-0.39, 0.29) is 11.8 Å². The quantitative estimate of drug-likeness (QED) is 0.709. The minimum atomic E-state index is -1.05. The summed E-state index contributed by atoms with van der Waals surface area (Å²) in [6.45, 7) is 7.79. The molecule has 1 amide bonds. The number of amides is 1. The highest BCUT2D eigenvalue weighted by atomic mass is 16.5. The highest BCUT2D eigenvalue weighted by Gasteiger charge is 2.55. The lowest BCUT2D eigenvalue weighted by Crippen LogP contribution is -2.52. The third kappa shape index (κ3) is 2.14. The van der Waals surface area contributed by atoms with Crippen molar-refractivity contribution in [3.05, 3.63) is 0 Å². The molecule has 1 saturated heterocycles.